The zero-order valence-corrected chi connectivity index (χ0v) is 46.9. The maximum Gasteiger partial charge on any atom is 0.308 e. The first-order valence-corrected chi connectivity index (χ1v) is 30.7. The van der Waals surface area contributed by atoms with E-state index in [9.17, 15) is 24.9 Å². The van der Waals surface area contributed by atoms with Gasteiger partial charge in [0.15, 0.2) is 17.4 Å². The number of aliphatic hydroxyl groups is 2. The topological polar surface area (TPSA) is 233 Å². The van der Waals surface area contributed by atoms with Crippen molar-refractivity contribution in [2.75, 3.05) is 0 Å². The normalized spacial score (nSPS) is 58.7. The maximum atomic E-state index is 14.6. The fourth-order valence-electron chi connectivity index (χ4n) is 18.4. The van der Waals surface area contributed by atoms with Gasteiger partial charge in [0.1, 0.15) is 48.3 Å². The molecule has 0 aromatic heterocycles. The van der Waals surface area contributed by atoms with Crippen molar-refractivity contribution >= 4 is 11.9 Å². The molecule has 20 heteroatoms. The largest absolute Gasteiger partial charge is 0.481 e. The molecule has 20 nitrogen and oxygen atoms in total. The lowest BCUT2D eigenvalue weighted by atomic mass is 9.78. The number of aliphatic carboxylic acids is 1. The summed E-state index contributed by atoms with van der Waals surface area (Å²) in [5.41, 5.74) is 1.02. The Hall–Kier alpha value is -2.22. The molecular formula is C60H84O20. The summed E-state index contributed by atoms with van der Waals surface area (Å²) < 4.78 is 103. The van der Waals surface area contributed by atoms with Crippen LogP contribution in [-0.4, -0.2) is 197 Å². The molecule has 32 atom stereocenters. The summed E-state index contributed by atoms with van der Waals surface area (Å²) in [6.07, 6.45) is -2.56. The standard InChI is InChI=1S/C60H84O20/c1-25-14-31-8-10-35-26(2)15-33(66-35)12-13-60-56(65)57(7)55(80-60)54-53(77-57)52(79-60)51-36(70-54)11-9-32(68-51)16-46(64)73-50-30(6)49-41(69-40(50)18-37(67-31)29(25)5)19-39-43(72-49)23-59(74-39)24-44-48(78-59)28(4)22-58(76-44)21-27(3)47-42(75-58)17-34(61)38(71-47)20-45(62)63/h25,27-28,30-44,47-56,61,65H,2,5,8-24H2,1,3-4,6-7H3,(H,62,63). The fourth-order valence-corrected chi connectivity index (χ4v) is 18.4. The highest BCUT2D eigenvalue weighted by Crippen LogP contribution is 2.60. The van der Waals surface area contributed by atoms with E-state index in [-0.39, 0.29) is 110 Å². The number of hydrogen-bond acceptors (Lipinski definition) is 19. The number of carbonyl (C=O) groups excluding carboxylic acids is 1. The Morgan fingerprint density at radius 1 is 0.562 bits per heavy atom. The summed E-state index contributed by atoms with van der Waals surface area (Å²) in [4.78, 5) is 26.2. The van der Waals surface area contributed by atoms with Crippen LogP contribution in [0.15, 0.2) is 24.3 Å². The highest BCUT2D eigenvalue weighted by Gasteiger charge is 2.77. The molecule has 0 radical (unpaired) electrons. The number of aliphatic hydroxyl groups excluding tert-OH is 2. The molecule has 16 fully saturated rings. The lowest BCUT2D eigenvalue weighted by Crippen LogP contribution is -2.63. The van der Waals surface area contributed by atoms with E-state index in [1.807, 2.05) is 6.92 Å². The molecule has 3 N–H and O–H groups in total. The number of carboxylic acid groups (broad SMARTS) is 1. The van der Waals surface area contributed by atoms with Crippen LogP contribution in [-0.2, 0) is 80.6 Å². The van der Waals surface area contributed by atoms with Gasteiger partial charge in [0.25, 0.3) is 0 Å². The Bertz CT molecular complexity index is 2460. The van der Waals surface area contributed by atoms with Gasteiger partial charge in [0.05, 0.1) is 117 Å². The number of ether oxygens (including phenoxy) is 15. The molecule has 16 saturated heterocycles. The quantitative estimate of drug-likeness (QED) is 0.243. The third kappa shape index (κ3) is 8.85. The number of rotatable bonds is 2. The highest BCUT2D eigenvalue weighted by atomic mass is 16.8. The zero-order chi connectivity index (χ0) is 55.1. The number of carboxylic acids is 1. The van der Waals surface area contributed by atoms with E-state index in [1.165, 1.54) is 0 Å². The Balaban J connectivity index is 0.666. The van der Waals surface area contributed by atoms with Crippen molar-refractivity contribution in [1.82, 2.24) is 0 Å². The molecule has 0 aromatic rings. The van der Waals surface area contributed by atoms with Crippen LogP contribution in [0.25, 0.3) is 0 Å². The van der Waals surface area contributed by atoms with Gasteiger partial charge in [0.2, 0.25) is 0 Å². The first-order valence-electron chi connectivity index (χ1n) is 30.7. The van der Waals surface area contributed by atoms with E-state index in [0.29, 0.717) is 70.6 Å². The SMILES string of the molecule is C=C1CC2CCC34OC5C6OC(CCC6OC6C5OC(C)(C6O3)C4O)CC(=O)OC3C(CC4OC(CCC1O2)CC(C)C4=C)OC1CC2OC4(CC2OC1C3C)CC1OC2(CC(C)C3OC(CC(=O)O)C(O)CC3O2)CC(C)C1O4. The number of carbonyl (C=O) groups is 2. The van der Waals surface area contributed by atoms with Crippen LogP contribution in [0, 0.1) is 23.7 Å². The first-order chi connectivity index (χ1) is 38.2. The second kappa shape index (κ2) is 19.7. The number of esters is 1. The van der Waals surface area contributed by atoms with Gasteiger partial charge < -0.3 is 86.4 Å². The van der Waals surface area contributed by atoms with E-state index >= 15 is 0 Å². The van der Waals surface area contributed by atoms with E-state index in [2.05, 4.69) is 40.9 Å². The first kappa shape index (κ1) is 54.4. The third-order valence-corrected chi connectivity index (χ3v) is 22.2. The van der Waals surface area contributed by atoms with Crippen LogP contribution in [0.4, 0.5) is 0 Å². The Morgan fingerprint density at radius 3 is 2.09 bits per heavy atom. The molecule has 0 aromatic carbocycles. The fraction of sp³-hybridized carbons (Fsp3) is 0.900. The molecular weight excluding hydrogens is 1040 g/mol. The van der Waals surface area contributed by atoms with Crippen molar-refractivity contribution in [3.8, 4) is 0 Å². The van der Waals surface area contributed by atoms with Gasteiger partial charge in [-0.2, -0.15) is 0 Å². The molecule has 16 aliphatic rings. The molecule has 0 aliphatic carbocycles. The average molecular weight is 1130 g/mol. The predicted molar refractivity (Wildman–Crippen MR) is 274 cm³/mol. The van der Waals surface area contributed by atoms with Crippen molar-refractivity contribution in [3.05, 3.63) is 24.3 Å². The molecule has 16 heterocycles. The minimum absolute atomic E-state index is 0.000632. The van der Waals surface area contributed by atoms with E-state index in [0.717, 1.165) is 30.4 Å². The second-order valence-electron chi connectivity index (χ2n) is 27.7. The average Bonchev–Trinajstić information content (AvgIpc) is 4.26. The van der Waals surface area contributed by atoms with Gasteiger partial charge in [-0.25, -0.2) is 0 Å². The molecule has 0 amide bonds. The van der Waals surface area contributed by atoms with Gasteiger partial charge in [-0.3, -0.25) is 9.59 Å². The van der Waals surface area contributed by atoms with Crippen molar-refractivity contribution in [2.45, 2.75) is 313 Å². The second-order valence-corrected chi connectivity index (χ2v) is 27.7. The summed E-state index contributed by atoms with van der Waals surface area (Å²) in [6.45, 7) is 19.5. The summed E-state index contributed by atoms with van der Waals surface area (Å²) in [7, 11) is 0. The van der Waals surface area contributed by atoms with Gasteiger partial charge in [-0.05, 0) is 80.8 Å². The number of hydrogen-bond donors (Lipinski definition) is 3. The Morgan fingerprint density at radius 2 is 1.26 bits per heavy atom. The maximum absolute atomic E-state index is 14.6. The van der Waals surface area contributed by atoms with Gasteiger partial charge in [-0.15, -0.1) is 0 Å². The highest BCUT2D eigenvalue weighted by molar-refractivity contribution is 5.70. The Labute approximate surface area is 467 Å². The lowest BCUT2D eigenvalue weighted by molar-refractivity contribution is -0.371. The molecule has 12 bridgehead atoms. The molecule has 32 unspecified atom stereocenters. The Kier molecular flexibility index (Phi) is 13.4. The van der Waals surface area contributed by atoms with Crippen molar-refractivity contribution in [1.29, 1.82) is 0 Å². The van der Waals surface area contributed by atoms with Crippen LogP contribution >= 0.6 is 0 Å². The summed E-state index contributed by atoms with van der Waals surface area (Å²) in [6, 6.07) is 0. The third-order valence-electron chi connectivity index (χ3n) is 22.2. The van der Waals surface area contributed by atoms with Crippen LogP contribution in [0.2, 0.25) is 0 Å². The molecule has 3 spiro atoms. The van der Waals surface area contributed by atoms with Crippen molar-refractivity contribution < 1.29 is 96.0 Å². The van der Waals surface area contributed by atoms with E-state index in [1.54, 1.807) is 0 Å². The summed E-state index contributed by atoms with van der Waals surface area (Å²) >= 11 is 0. The van der Waals surface area contributed by atoms with Crippen LogP contribution in [0.1, 0.15) is 144 Å². The zero-order valence-electron chi connectivity index (χ0n) is 46.9. The minimum Gasteiger partial charge on any atom is -0.481 e. The summed E-state index contributed by atoms with van der Waals surface area (Å²) in [5, 5.41) is 32.5. The predicted octanol–water partition coefficient (Wildman–Crippen LogP) is 5.02. The smallest absolute Gasteiger partial charge is 0.308 e. The summed E-state index contributed by atoms with van der Waals surface area (Å²) in [5.74, 6) is -4.67. The van der Waals surface area contributed by atoms with Crippen molar-refractivity contribution in [2.24, 2.45) is 23.7 Å². The van der Waals surface area contributed by atoms with Gasteiger partial charge in [0, 0.05) is 57.3 Å². The molecule has 16 rings (SSSR count). The monoisotopic (exact) mass is 1120 g/mol. The van der Waals surface area contributed by atoms with Gasteiger partial charge in [-0.1, -0.05) is 40.9 Å². The molecule has 0 saturated carbocycles. The van der Waals surface area contributed by atoms with E-state index in [4.69, 9.17) is 71.1 Å². The van der Waals surface area contributed by atoms with E-state index < -0.39 is 114 Å². The van der Waals surface area contributed by atoms with Gasteiger partial charge >= 0.3 is 11.9 Å². The van der Waals surface area contributed by atoms with Crippen LogP contribution in [0.3, 0.4) is 0 Å². The molecule has 80 heavy (non-hydrogen) atoms. The lowest BCUT2D eigenvalue weighted by Gasteiger charge is -2.54. The minimum atomic E-state index is -1.36. The number of fused-ring (bicyclic) bond motifs is 10. The van der Waals surface area contributed by atoms with Crippen LogP contribution < -0.4 is 0 Å². The molecule has 444 valence electrons. The van der Waals surface area contributed by atoms with Crippen molar-refractivity contribution in [3.63, 3.8) is 0 Å². The van der Waals surface area contributed by atoms with Crippen LogP contribution in [0.5, 0.6) is 0 Å². The molecule has 16 aliphatic heterocycles.